The van der Waals surface area contributed by atoms with Crippen LogP contribution in [0.3, 0.4) is 0 Å². The van der Waals surface area contributed by atoms with E-state index in [4.69, 9.17) is 0 Å². The van der Waals surface area contributed by atoms with E-state index in [1.165, 1.54) is 31.3 Å². The van der Waals surface area contributed by atoms with Crippen molar-refractivity contribution in [1.82, 2.24) is 10.3 Å². The Bertz CT molecular complexity index is 1170. The lowest BCUT2D eigenvalue weighted by atomic mass is 10.2. The molecule has 7 nitrogen and oxygen atoms in total. The molecule has 0 aliphatic carbocycles. The number of alkyl halides is 3. The van der Waals surface area contributed by atoms with Crippen LogP contribution in [-0.2, 0) is 16.2 Å². The highest BCUT2D eigenvalue weighted by Gasteiger charge is 2.32. The summed E-state index contributed by atoms with van der Waals surface area (Å²) < 4.78 is 65.7. The maximum atomic E-state index is 12.9. The Labute approximate surface area is 157 Å². The number of benzene rings is 2. The predicted octanol–water partition coefficient (Wildman–Crippen LogP) is 3.05. The summed E-state index contributed by atoms with van der Waals surface area (Å²) in [5.74, 6) is -1.19. The van der Waals surface area contributed by atoms with E-state index in [2.05, 4.69) is 15.0 Å². The number of fused-ring (bicyclic) bond motifs is 1. The van der Waals surface area contributed by atoms with Crippen LogP contribution in [0.25, 0.3) is 10.9 Å². The predicted molar refractivity (Wildman–Crippen MR) is 95.6 cm³/mol. The lowest BCUT2D eigenvalue weighted by molar-refractivity contribution is -0.137. The monoisotopic (exact) mass is 413 g/mol. The van der Waals surface area contributed by atoms with Crippen molar-refractivity contribution in [2.45, 2.75) is 11.1 Å². The topological polar surface area (TPSA) is 111 Å². The average Bonchev–Trinajstić information content (AvgIpc) is 3.02. The Morgan fingerprint density at radius 1 is 1.11 bits per heavy atom. The Morgan fingerprint density at radius 2 is 1.82 bits per heavy atom. The largest absolute Gasteiger partial charge is 0.508 e. The standard InChI is InChI=1S/C17H14F3N3O4S/c1-21-16(25)15-5-9-4-11(2-3-14(9)22-15)23-28(26,27)13-7-10(17(18,19)20)6-12(24)8-13/h2-8,22-24H,1H3,(H,21,25). The highest BCUT2D eigenvalue weighted by Crippen LogP contribution is 2.34. The maximum Gasteiger partial charge on any atom is 0.416 e. The molecule has 0 saturated carbocycles. The highest BCUT2D eigenvalue weighted by molar-refractivity contribution is 7.92. The summed E-state index contributed by atoms with van der Waals surface area (Å²) >= 11 is 0. The van der Waals surface area contributed by atoms with Gasteiger partial charge in [-0.3, -0.25) is 9.52 Å². The van der Waals surface area contributed by atoms with E-state index < -0.39 is 32.4 Å². The molecule has 28 heavy (non-hydrogen) atoms. The van der Waals surface area contributed by atoms with Crippen LogP contribution in [0.1, 0.15) is 16.1 Å². The third-order valence-corrected chi connectivity index (χ3v) is 5.23. The molecule has 1 aromatic heterocycles. The van der Waals surface area contributed by atoms with E-state index in [1.54, 1.807) is 0 Å². The number of carbonyl (C=O) groups excluding carboxylic acids is 1. The van der Waals surface area contributed by atoms with Crippen molar-refractivity contribution in [2.75, 3.05) is 11.8 Å². The van der Waals surface area contributed by atoms with Gasteiger partial charge < -0.3 is 15.4 Å². The minimum Gasteiger partial charge on any atom is -0.508 e. The number of anilines is 1. The zero-order valence-electron chi connectivity index (χ0n) is 14.3. The first-order valence-corrected chi connectivity index (χ1v) is 9.27. The van der Waals surface area contributed by atoms with Crippen LogP contribution in [0.4, 0.5) is 18.9 Å². The number of aromatic amines is 1. The van der Waals surface area contributed by atoms with Gasteiger partial charge in [0.2, 0.25) is 0 Å². The first-order valence-electron chi connectivity index (χ1n) is 7.78. The summed E-state index contributed by atoms with van der Waals surface area (Å²) in [6.45, 7) is 0. The Hall–Kier alpha value is -3.21. The van der Waals surface area contributed by atoms with Gasteiger partial charge in [0.1, 0.15) is 11.4 Å². The number of carbonyl (C=O) groups is 1. The number of aromatic nitrogens is 1. The highest BCUT2D eigenvalue weighted by atomic mass is 32.2. The first-order chi connectivity index (χ1) is 13.0. The Balaban J connectivity index is 1.96. The number of hydrogen-bond donors (Lipinski definition) is 4. The summed E-state index contributed by atoms with van der Waals surface area (Å²) in [6.07, 6.45) is -4.82. The number of amides is 1. The molecule has 0 saturated heterocycles. The lowest BCUT2D eigenvalue weighted by Crippen LogP contribution is -2.17. The van der Waals surface area contributed by atoms with Crippen molar-refractivity contribution in [2.24, 2.45) is 0 Å². The number of sulfonamides is 1. The van der Waals surface area contributed by atoms with E-state index in [0.717, 1.165) is 6.07 Å². The van der Waals surface area contributed by atoms with Gasteiger partial charge >= 0.3 is 6.18 Å². The molecule has 0 bridgehead atoms. The van der Waals surface area contributed by atoms with Crippen molar-refractivity contribution >= 4 is 32.5 Å². The number of halogens is 3. The molecule has 2 aromatic carbocycles. The number of phenols is 1. The van der Waals surface area contributed by atoms with E-state index >= 15 is 0 Å². The fourth-order valence-electron chi connectivity index (χ4n) is 2.57. The molecule has 1 amide bonds. The number of rotatable bonds is 4. The SMILES string of the molecule is CNC(=O)c1cc2cc(NS(=O)(=O)c3cc(O)cc(C(F)(F)F)c3)ccc2[nH]1. The molecule has 4 N–H and O–H groups in total. The van der Waals surface area contributed by atoms with Gasteiger partial charge in [0.05, 0.1) is 10.5 Å². The molecule has 148 valence electrons. The van der Waals surface area contributed by atoms with Crippen LogP contribution >= 0.6 is 0 Å². The smallest absolute Gasteiger partial charge is 0.416 e. The minimum absolute atomic E-state index is 0.0758. The van der Waals surface area contributed by atoms with Gasteiger partial charge in [0, 0.05) is 29.7 Å². The minimum atomic E-state index is -4.82. The molecule has 0 radical (unpaired) electrons. The van der Waals surface area contributed by atoms with Crippen LogP contribution in [0.5, 0.6) is 5.75 Å². The van der Waals surface area contributed by atoms with Gasteiger partial charge in [-0.05, 0) is 36.4 Å². The van der Waals surface area contributed by atoms with Gasteiger partial charge in [0.25, 0.3) is 15.9 Å². The molecule has 11 heteroatoms. The molecule has 0 aliphatic heterocycles. The second-order valence-corrected chi connectivity index (χ2v) is 7.57. The maximum absolute atomic E-state index is 12.9. The number of phenolic OH excluding ortho intramolecular Hbond substituents is 1. The number of aromatic hydroxyl groups is 1. The van der Waals surface area contributed by atoms with E-state index in [1.807, 2.05) is 0 Å². The van der Waals surface area contributed by atoms with Crippen LogP contribution in [0.2, 0.25) is 0 Å². The molecule has 3 aromatic rings. The van der Waals surface area contributed by atoms with E-state index in [9.17, 15) is 31.5 Å². The van der Waals surface area contributed by atoms with Gasteiger partial charge in [-0.1, -0.05) is 0 Å². The van der Waals surface area contributed by atoms with Crippen molar-refractivity contribution in [1.29, 1.82) is 0 Å². The van der Waals surface area contributed by atoms with E-state index in [-0.39, 0.29) is 17.3 Å². The molecule has 0 fully saturated rings. The summed E-state index contributed by atoms with van der Waals surface area (Å²) in [4.78, 5) is 13.8. The number of nitrogens with one attached hydrogen (secondary N) is 3. The fraction of sp³-hybridized carbons (Fsp3) is 0.118. The quantitative estimate of drug-likeness (QED) is 0.527. The molecule has 1 heterocycles. The molecule has 0 unspecified atom stereocenters. The molecule has 0 aliphatic rings. The molecule has 0 spiro atoms. The normalized spacial score (nSPS) is 12.1. The molecule has 0 atom stereocenters. The summed E-state index contributed by atoms with van der Waals surface area (Å²) in [5, 5.41) is 12.4. The van der Waals surface area contributed by atoms with Gasteiger partial charge in [-0.15, -0.1) is 0 Å². The third kappa shape index (κ3) is 3.88. The Morgan fingerprint density at radius 3 is 2.46 bits per heavy atom. The fourth-order valence-corrected chi connectivity index (χ4v) is 3.68. The third-order valence-electron chi connectivity index (χ3n) is 3.87. The second kappa shape index (κ2) is 6.75. The van der Waals surface area contributed by atoms with Crippen molar-refractivity contribution in [3.8, 4) is 5.75 Å². The van der Waals surface area contributed by atoms with Crippen molar-refractivity contribution < 1.29 is 31.5 Å². The van der Waals surface area contributed by atoms with Crippen molar-refractivity contribution in [3.05, 3.63) is 53.7 Å². The number of hydrogen-bond acceptors (Lipinski definition) is 4. The summed E-state index contributed by atoms with van der Waals surface area (Å²) in [6, 6.07) is 7.41. The molecular weight excluding hydrogens is 399 g/mol. The molecule has 3 rings (SSSR count). The van der Waals surface area contributed by atoms with Crippen LogP contribution in [0.15, 0.2) is 47.4 Å². The first kappa shape index (κ1) is 19.5. The average molecular weight is 413 g/mol. The summed E-state index contributed by atoms with van der Waals surface area (Å²) in [5.41, 5.74) is -0.380. The van der Waals surface area contributed by atoms with Gasteiger partial charge in [-0.25, -0.2) is 8.42 Å². The lowest BCUT2D eigenvalue weighted by Gasteiger charge is -2.12. The van der Waals surface area contributed by atoms with Gasteiger partial charge in [0.15, 0.2) is 0 Å². The molecular formula is C17H14F3N3O4S. The zero-order chi connectivity index (χ0) is 20.7. The second-order valence-electron chi connectivity index (χ2n) is 5.88. The summed E-state index contributed by atoms with van der Waals surface area (Å²) in [7, 11) is -2.94. The number of H-pyrrole nitrogens is 1. The zero-order valence-corrected chi connectivity index (χ0v) is 15.1. The van der Waals surface area contributed by atoms with E-state index in [0.29, 0.717) is 23.0 Å². The van der Waals surface area contributed by atoms with Crippen LogP contribution in [-0.4, -0.2) is 31.5 Å². The van der Waals surface area contributed by atoms with Crippen molar-refractivity contribution in [3.63, 3.8) is 0 Å². The van der Waals surface area contributed by atoms with Crippen LogP contribution in [0, 0.1) is 0 Å². The van der Waals surface area contributed by atoms with Crippen LogP contribution < -0.4 is 10.0 Å². The van der Waals surface area contributed by atoms with Gasteiger partial charge in [-0.2, -0.15) is 13.2 Å². The Kier molecular flexibility index (Phi) is 4.71.